The average Bonchev–Trinajstić information content (AvgIpc) is 3.21. The summed E-state index contributed by atoms with van der Waals surface area (Å²) in [5.41, 5.74) is 0. The topological polar surface area (TPSA) is 95.9 Å². The fourth-order valence-electron chi connectivity index (χ4n) is 7.31. The maximum absolute atomic E-state index is 12.4. The van der Waals surface area contributed by atoms with Crippen LogP contribution in [0.2, 0.25) is 0 Å². The van der Waals surface area contributed by atoms with E-state index in [0.29, 0.717) is 25.9 Å². The average molecular weight is 802 g/mol. The number of amides is 1. The maximum Gasteiger partial charge on any atom is 0.305 e. The first-order valence-electron chi connectivity index (χ1n) is 24.7. The zero-order valence-electron chi connectivity index (χ0n) is 37.8. The number of esters is 1. The molecule has 1 amide bonds. The summed E-state index contributed by atoms with van der Waals surface area (Å²) in [6, 6.07) is -0.560. The highest BCUT2D eigenvalue weighted by Gasteiger charge is 2.20. The minimum atomic E-state index is -0.680. The quantitative estimate of drug-likeness (QED) is 0.0324. The second kappa shape index (κ2) is 46.8. The van der Waals surface area contributed by atoms with E-state index in [1.165, 1.54) is 128 Å². The van der Waals surface area contributed by atoms with Crippen LogP contribution < -0.4 is 5.32 Å². The van der Waals surface area contributed by atoms with Crippen molar-refractivity contribution in [3.63, 3.8) is 0 Å². The monoisotopic (exact) mass is 802 g/mol. The van der Waals surface area contributed by atoms with Crippen LogP contribution in [-0.4, -0.2) is 47.4 Å². The minimum absolute atomic E-state index is 0.0374. The molecule has 6 heteroatoms. The number of ether oxygens (including phenoxy) is 1. The summed E-state index contributed by atoms with van der Waals surface area (Å²) in [7, 11) is 0. The first-order valence-corrected chi connectivity index (χ1v) is 24.7. The third-order valence-corrected chi connectivity index (χ3v) is 11.2. The highest BCUT2D eigenvalue weighted by Crippen LogP contribution is 2.15. The Morgan fingerprint density at radius 3 is 1.39 bits per heavy atom. The lowest BCUT2D eigenvalue weighted by molar-refractivity contribution is -0.143. The SMILES string of the molecule is CCCCC/C=C\C/C=C\CCCCCCCC(=O)OCCCCC/C=C\CCCCCCCC(=O)NC(CO)C(O)CCCCCCCCCCCCCCC. The summed E-state index contributed by atoms with van der Waals surface area (Å²) in [5.74, 6) is -0.100. The first kappa shape index (κ1) is 55.1. The summed E-state index contributed by atoms with van der Waals surface area (Å²) in [5, 5.41) is 23.1. The van der Waals surface area contributed by atoms with E-state index >= 15 is 0 Å². The molecule has 0 saturated heterocycles. The lowest BCUT2D eigenvalue weighted by Crippen LogP contribution is -2.45. The van der Waals surface area contributed by atoms with E-state index < -0.39 is 12.1 Å². The van der Waals surface area contributed by atoms with Crippen LogP contribution in [0, 0.1) is 0 Å². The molecule has 0 aromatic carbocycles. The number of nitrogens with one attached hydrogen (secondary N) is 1. The number of hydrogen-bond donors (Lipinski definition) is 3. The van der Waals surface area contributed by atoms with Crippen molar-refractivity contribution in [1.29, 1.82) is 0 Å². The molecule has 0 fully saturated rings. The highest BCUT2D eigenvalue weighted by molar-refractivity contribution is 5.76. The number of carbonyl (C=O) groups excluding carboxylic acids is 2. The van der Waals surface area contributed by atoms with Crippen molar-refractivity contribution in [1.82, 2.24) is 5.32 Å². The van der Waals surface area contributed by atoms with E-state index in [9.17, 15) is 19.8 Å². The molecule has 6 nitrogen and oxygen atoms in total. The smallest absolute Gasteiger partial charge is 0.305 e. The van der Waals surface area contributed by atoms with Gasteiger partial charge in [-0.25, -0.2) is 0 Å². The van der Waals surface area contributed by atoms with Crippen LogP contribution in [0.5, 0.6) is 0 Å². The molecule has 0 rings (SSSR count). The van der Waals surface area contributed by atoms with Crippen molar-refractivity contribution in [2.24, 2.45) is 0 Å². The van der Waals surface area contributed by atoms with Gasteiger partial charge in [-0.2, -0.15) is 0 Å². The van der Waals surface area contributed by atoms with Crippen LogP contribution >= 0.6 is 0 Å². The molecule has 0 aliphatic heterocycles. The van der Waals surface area contributed by atoms with Crippen molar-refractivity contribution in [3.8, 4) is 0 Å². The van der Waals surface area contributed by atoms with Gasteiger partial charge in [0.2, 0.25) is 5.91 Å². The van der Waals surface area contributed by atoms with Crippen molar-refractivity contribution >= 4 is 11.9 Å². The van der Waals surface area contributed by atoms with E-state index in [4.69, 9.17) is 4.74 Å². The van der Waals surface area contributed by atoms with Gasteiger partial charge in [0.25, 0.3) is 0 Å². The molecule has 0 bridgehead atoms. The van der Waals surface area contributed by atoms with Crippen LogP contribution in [0.1, 0.15) is 251 Å². The third-order valence-electron chi connectivity index (χ3n) is 11.2. The van der Waals surface area contributed by atoms with Gasteiger partial charge in [-0.15, -0.1) is 0 Å². The van der Waals surface area contributed by atoms with Crippen LogP contribution in [0.4, 0.5) is 0 Å². The lowest BCUT2D eigenvalue weighted by atomic mass is 10.0. The van der Waals surface area contributed by atoms with E-state index in [2.05, 4.69) is 55.6 Å². The Kier molecular flexibility index (Phi) is 45.2. The van der Waals surface area contributed by atoms with Crippen LogP contribution in [0.15, 0.2) is 36.5 Å². The zero-order valence-corrected chi connectivity index (χ0v) is 37.8. The summed E-state index contributed by atoms with van der Waals surface area (Å²) in [6.07, 6.45) is 55.3. The van der Waals surface area contributed by atoms with E-state index in [1.54, 1.807) is 0 Å². The zero-order chi connectivity index (χ0) is 41.5. The van der Waals surface area contributed by atoms with Gasteiger partial charge in [0.15, 0.2) is 0 Å². The van der Waals surface area contributed by atoms with Gasteiger partial charge in [0, 0.05) is 12.8 Å². The molecule has 0 radical (unpaired) electrons. The number of unbranched alkanes of at least 4 members (excludes halogenated alkanes) is 28. The molecule has 3 N–H and O–H groups in total. The van der Waals surface area contributed by atoms with Crippen molar-refractivity contribution in [2.45, 2.75) is 264 Å². The van der Waals surface area contributed by atoms with Crippen LogP contribution in [-0.2, 0) is 14.3 Å². The minimum Gasteiger partial charge on any atom is -0.466 e. The highest BCUT2D eigenvalue weighted by atomic mass is 16.5. The molecule has 2 atom stereocenters. The molecular weight excluding hydrogens is 707 g/mol. The Morgan fingerprint density at radius 1 is 0.491 bits per heavy atom. The molecule has 57 heavy (non-hydrogen) atoms. The van der Waals surface area contributed by atoms with Crippen molar-refractivity contribution in [3.05, 3.63) is 36.5 Å². The van der Waals surface area contributed by atoms with Gasteiger partial charge in [-0.3, -0.25) is 9.59 Å². The van der Waals surface area contributed by atoms with Gasteiger partial charge in [-0.05, 0) is 89.9 Å². The molecule has 0 saturated carbocycles. The number of aliphatic hydroxyl groups is 2. The molecule has 0 aliphatic carbocycles. The van der Waals surface area contributed by atoms with Gasteiger partial charge in [-0.1, -0.05) is 185 Å². The Bertz CT molecular complexity index is 931. The van der Waals surface area contributed by atoms with E-state index in [1.807, 2.05) is 0 Å². The fourth-order valence-corrected chi connectivity index (χ4v) is 7.31. The predicted octanol–water partition coefficient (Wildman–Crippen LogP) is 14.5. The van der Waals surface area contributed by atoms with Crippen LogP contribution in [0.3, 0.4) is 0 Å². The number of rotatable bonds is 45. The fraction of sp³-hybridized carbons (Fsp3) is 0.843. The number of allylic oxidation sites excluding steroid dienone is 6. The number of aliphatic hydroxyl groups excluding tert-OH is 2. The second-order valence-electron chi connectivity index (χ2n) is 16.8. The van der Waals surface area contributed by atoms with Gasteiger partial charge in [0.05, 0.1) is 25.4 Å². The summed E-state index contributed by atoms with van der Waals surface area (Å²) in [6.45, 7) is 4.85. The normalized spacial score (nSPS) is 13.0. The van der Waals surface area contributed by atoms with Crippen LogP contribution in [0.25, 0.3) is 0 Å². The van der Waals surface area contributed by atoms with Crippen molar-refractivity contribution < 1.29 is 24.5 Å². The second-order valence-corrected chi connectivity index (χ2v) is 16.8. The Hall–Kier alpha value is -1.92. The van der Waals surface area contributed by atoms with Crippen molar-refractivity contribution in [2.75, 3.05) is 13.2 Å². The Morgan fingerprint density at radius 2 is 0.877 bits per heavy atom. The third kappa shape index (κ3) is 43.5. The first-order chi connectivity index (χ1) is 28.0. The van der Waals surface area contributed by atoms with Gasteiger partial charge < -0.3 is 20.3 Å². The molecule has 0 heterocycles. The molecule has 0 aromatic heterocycles. The summed E-state index contributed by atoms with van der Waals surface area (Å²) >= 11 is 0. The van der Waals surface area contributed by atoms with E-state index in [0.717, 1.165) is 89.9 Å². The lowest BCUT2D eigenvalue weighted by Gasteiger charge is -2.22. The Balaban J connectivity index is 3.53. The predicted molar refractivity (Wildman–Crippen MR) is 246 cm³/mol. The summed E-state index contributed by atoms with van der Waals surface area (Å²) < 4.78 is 5.43. The molecule has 0 spiro atoms. The largest absolute Gasteiger partial charge is 0.466 e. The molecule has 2 unspecified atom stereocenters. The molecule has 0 aromatic rings. The Labute approximate surface area is 353 Å². The summed E-state index contributed by atoms with van der Waals surface area (Å²) in [4.78, 5) is 24.4. The number of carbonyl (C=O) groups is 2. The van der Waals surface area contributed by atoms with Gasteiger partial charge >= 0.3 is 5.97 Å². The van der Waals surface area contributed by atoms with E-state index in [-0.39, 0.29) is 18.5 Å². The molecule has 334 valence electrons. The maximum atomic E-state index is 12.4. The molecule has 0 aliphatic rings. The standard InChI is InChI=1S/C51H95NO5/c1-3-5-7-9-11-13-15-17-18-20-25-29-33-37-41-45-51(56)57-46-42-38-34-30-26-22-21-24-28-32-36-40-44-50(55)52-48(47-53)49(54)43-39-35-31-27-23-19-16-14-12-10-8-6-4-2/h11,13,17-18,22,26,48-49,53-54H,3-10,12,14-16,19-21,23-25,27-47H2,1-2H3,(H,52,55)/b13-11-,18-17-,26-22-. The van der Waals surface area contributed by atoms with Gasteiger partial charge in [0.1, 0.15) is 0 Å². The molecular formula is C51H95NO5. The number of hydrogen-bond acceptors (Lipinski definition) is 5.